The van der Waals surface area contributed by atoms with Gasteiger partial charge < -0.3 is 15.5 Å². The molecule has 2 aromatic heterocycles. The highest BCUT2D eigenvalue weighted by atomic mass is 32.1. The fraction of sp³-hybridized carbons (Fsp3) is 0.435. The maximum atomic E-state index is 13.0. The molecule has 1 aliphatic rings. The van der Waals surface area contributed by atoms with Gasteiger partial charge in [0.15, 0.2) is 0 Å². The van der Waals surface area contributed by atoms with Gasteiger partial charge in [0.2, 0.25) is 5.95 Å². The first-order valence-electron chi connectivity index (χ1n) is 10.5. The first-order valence-corrected chi connectivity index (χ1v) is 11.3. The molecule has 2 atom stereocenters. The number of hydrogen-bond acceptors (Lipinski definition) is 7. The van der Waals surface area contributed by atoms with Crippen molar-refractivity contribution in [3.63, 3.8) is 0 Å². The fourth-order valence-corrected chi connectivity index (χ4v) is 5.25. The van der Waals surface area contributed by atoms with E-state index in [1.54, 1.807) is 18.3 Å². The first-order chi connectivity index (χ1) is 15.4. The van der Waals surface area contributed by atoms with E-state index in [0.717, 1.165) is 28.3 Å². The minimum absolute atomic E-state index is 0.149. The summed E-state index contributed by atoms with van der Waals surface area (Å²) in [4.78, 5) is 12.7. The van der Waals surface area contributed by atoms with E-state index in [0.29, 0.717) is 30.0 Å². The van der Waals surface area contributed by atoms with Crippen molar-refractivity contribution < 1.29 is 23.4 Å². The normalized spacial score (nSPS) is 22.8. The molecule has 176 valence electrons. The monoisotopic (exact) mass is 478 g/mol. The smallest absolute Gasteiger partial charge is 0.393 e. The quantitative estimate of drug-likeness (QED) is 0.463. The summed E-state index contributed by atoms with van der Waals surface area (Å²) in [7, 11) is 0. The highest BCUT2D eigenvalue weighted by Gasteiger charge is 2.46. The van der Waals surface area contributed by atoms with Crippen molar-refractivity contribution in [2.24, 2.45) is 5.41 Å². The number of halogens is 3. The summed E-state index contributed by atoms with van der Waals surface area (Å²) in [5.74, 6) is -0.149. The van der Waals surface area contributed by atoms with Gasteiger partial charge in [-0.1, -0.05) is 19.9 Å². The number of thiazole rings is 1. The highest BCUT2D eigenvalue weighted by molar-refractivity contribution is 7.15. The summed E-state index contributed by atoms with van der Waals surface area (Å²) in [6.07, 6.45) is -0.947. The molecule has 0 amide bonds. The van der Waals surface area contributed by atoms with Crippen LogP contribution in [0.4, 0.5) is 24.8 Å². The number of benzene rings is 1. The molecule has 0 aliphatic heterocycles. The fourth-order valence-electron chi connectivity index (χ4n) is 4.23. The number of aliphatic hydroxyl groups is 2. The highest BCUT2D eigenvalue weighted by Crippen LogP contribution is 2.48. The zero-order valence-corrected chi connectivity index (χ0v) is 19.3. The number of nitrogens with one attached hydrogen (secondary N) is 1. The van der Waals surface area contributed by atoms with Crippen LogP contribution in [-0.2, 0) is 11.8 Å². The summed E-state index contributed by atoms with van der Waals surface area (Å²) >= 11 is 1.37. The number of nitrogens with zero attached hydrogens (tertiary/aromatic N) is 3. The van der Waals surface area contributed by atoms with Crippen LogP contribution in [0, 0.1) is 12.3 Å². The maximum Gasteiger partial charge on any atom is 0.433 e. The third kappa shape index (κ3) is 5.02. The predicted octanol–water partition coefficient (Wildman–Crippen LogP) is 5.43. The van der Waals surface area contributed by atoms with E-state index in [9.17, 15) is 23.4 Å². The van der Waals surface area contributed by atoms with Gasteiger partial charge in [-0.25, -0.2) is 15.0 Å². The Labute approximate surface area is 193 Å². The lowest BCUT2D eigenvalue weighted by Gasteiger charge is -2.43. The standard InChI is InChI=1S/C23H25F3N4O2S/c1-13-8-14(10-15(9-13)29-20-27-7-5-17(30-20)23(24,25)26)16-11-28-19(33-16)22(32)6-4-18(31)21(2,3)12-22/h5,7-11,18,31-32H,4,6,12H2,1-3H3,(H,27,29,30)/t18-,22+/m0/s1. The first kappa shape index (κ1) is 23.6. The van der Waals surface area contributed by atoms with Crippen molar-refractivity contribution in [3.05, 3.63) is 52.9 Å². The summed E-state index contributed by atoms with van der Waals surface area (Å²) in [5.41, 5.74) is -0.315. The molecule has 0 saturated heterocycles. The van der Waals surface area contributed by atoms with Gasteiger partial charge >= 0.3 is 6.18 Å². The molecule has 0 bridgehead atoms. The zero-order valence-electron chi connectivity index (χ0n) is 18.4. The van der Waals surface area contributed by atoms with E-state index >= 15 is 0 Å². The van der Waals surface area contributed by atoms with Crippen LogP contribution in [0.15, 0.2) is 36.7 Å². The zero-order chi connectivity index (χ0) is 24.0. The largest absolute Gasteiger partial charge is 0.433 e. The molecule has 1 saturated carbocycles. The van der Waals surface area contributed by atoms with Crippen molar-refractivity contribution in [2.45, 2.75) is 57.9 Å². The molecule has 0 unspecified atom stereocenters. The number of aryl methyl sites for hydroxylation is 1. The predicted molar refractivity (Wildman–Crippen MR) is 120 cm³/mol. The Bertz CT molecular complexity index is 1160. The lowest BCUT2D eigenvalue weighted by atomic mass is 9.68. The minimum Gasteiger partial charge on any atom is -0.393 e. The van der Waals surface area contributed by atoms with Gasteiger partial charge in [0.05, 0.1) is 11.0 Å². The third-order valence-electron chi connectivity index (χ3n) is 5.95. The number of aliphatic hydroxyl groups excluding tert-OH is 1. The van der Waals surface area contributed by atoms with E-state index in [-0.39, 0.29) is 5.95 Å². The van der Waals surface area contributed by atoms with Crippen LogP contribution in [0.25, 0.3) is 10.4 Å². The SMILES string of the molecule is Cc1cc(Nc2nccc(C(F)(F)F)n2)cc(-c2cnc([C@@]3(O)CC[C@H](O)C(C)(C)C3)s2)c1. The van der Waals surface area contributed by atoms with Gasteiger partial charge in [0, 0.05) is 18.1 Å². The lowest BCUT2D eigenvalue weighted by Crippen LogP contribution is -2.44. The summed E-state index contributed by atoms with van der Waals surface area (Å²) in [6.45, 7) is 5.75. The van der Waals surface area contributed by atoms with E-state index < -0.39 is 29.0 Å². The van der Waals surface area contributed by atoms with E-state index in [1.807, 2.05) is 26.8 Å². The molecule has 4 rings (SSSR count). The van der Waals surface area contributed by atoms with E-state index in [2.05, 4.69) is 20.3 Å². The molecular formula is C23H25F3N4O2S. The van der Waals surface area contributed by atoms with Crippen molar-refractivity contribution >= 4 is 23.0 Å². The van der Waals surface area contributed by atoms with Crippen molar-refractivity contribution in [3.8, 4) is 10.4 Å². The molecule has 3 N–H and O–H groups in total. The topological polar surface area (TPSA) is 91.2 Å². The van der Waals surface area contributed by atoms with Gasteiger partial charge in [-0.15, -0.1) is 11.3 Å². The molecule has 2 heterocycles. The second-order valence-corrected chi connectivity index (χ2v) is 10.3. The van der Waals surface area contributed by atoms with Crippen molar-refractivity contribution in [1.29, 1.82) is 0 Å². The number of aromatic nitrogens is 3. The number of alkyl halides is 3. The van der Waals surface area contributed by atoms with E-state index in [1.165, 1.54) is 11.3 Å². The van der Waals surface area contributed by atoms with Gasteiger partial charge in [0.25, 0.3) is 0 Å². The summed E-state index contributed by atoms with van der Waals surface area (Å²) < 4.78 is 38.9. The molecular weight excluding hydrogens is 453 g/mol. The Hall–Kier alpha value is -2.56. The van der Waals surface area contributed by atoms with Crippen molar-refractivity contribution in [1.82, 2.24) is 15.0 Å². The van der Waals surface area contributed by atoms with Crippen LogP contribution < -0.4 is 5.32 Å². The van der Waals surface area contributed by atoms with Gasteiger partial charge in [-0.3, -0.25) is 0 Å². The summed E-state index contributed by atoms with van der Waals surface area (Å²) in [5, 5.41) is 24.9. The molecule has 0 spiro atoms. The van der Waals surface area contributed by atoms with Gasteiger partial charge in [0.1, 0.15) is 16.3 Å². The average Bonchev–Trinajstić information content (AvgIpc) is 3.21. The van der Waals surface area contributed by atoms with Crippen molar-refractivity contribution in [2.75, 3.05) is 5.32 Å². The molecule has 10 heteroatoms. The molecule has 1 aromatic carbocycles. The number of rotatable bonds is 4. The van der Waals surface area contributed by atoms with E-state index in [4.69, 9.17) is 0 Å². The van der Waals surface area contributed by atoms with Crippen LogP contribution in [-0.4, -0.2) is 31.3 Å². The summed E-state index contributed by atoms with van der Waals surface area (Å²) in [6, 6.07) is 6.33. The van der Waals surface area contributed by atoms with Crippen LogP contribution >= 0.6 is 11.3 Å². The van der Waals surface area contributed by atoms with Crippen LogP contribution in [0.3, 0.4) is 0 Å². The second kappa shape index (κ2) is 8.34. The Kier molecular flexibility index (Phi) is 5.96. The molecule has 6 nitrogen and oxygen atoms in total. The van der Waals surface area contributed by atoms with Crippen LogP contribution in [0.1, 0.15) is 49.4 Å². The van der Waals surface area contributed by atoms with Gasteiger partial charge in [-0.2, -0.15) is 13.2 Å². The number of hydrogen-bond donors (Lipinski definition) is 3. The van der Waals surface area contributed by atoms with Crippen LogP contribution in [0.2, 0.25) is 0 Å². The lowest BCUT2D eigenvalue weighted by molar-refractivity contribution is -0.141. The third-order valence-corrected chi connectivity index (χ3v) is 7.19. The molecule has 3 aromatic rings. The average molecular weight is 479 g/mol. The Morgan fingerprint density at radius 2 is 1.94 bits per heavy atom. The number of anilines is 2. The Morgan fingerprint density at radius 3 is 2.64 bits per heavy atom. The molecule has 33 heavy (non-hydrogen) atoms. The molecule has 0 radical (unpaired) electrons. The molecule has 1 fully saturated rings. The van der Waals surface area contributed by atoms with Gasteiger partial charge in [-0.05, 0) is 60.9 Å². The Morgan fingerprint density at radius 1 is 1.18 bits per heavy atom. The minimum atomic E-state index is -4.56. The Balaban J connectivity index is 1.60. The van der Waals surface area contributed by atoms with Crippen LogP contribution in [0.5, 0.6) is 0 Å². The maximum absolute atomic E-state index is 13.0. The molecule has 1 aliphatic carbocycles. The second-order valence-electron chi connectivity index (χ2n) is 9.26.